The van der Waals surface area contributed by atoms with Gasteiger partial charge in [-0.3, -0.25) is 0 Å². The van der Waals surface area contributed by atoms with Gasteiger partial charge < -0.3 is 10.0 Å². The first kappa shape index (κ1) is 10.7. The predicted molar refractivity (Wildman–Crippen MR) is 55.7 cm³/mol. The van der Waals surface area contributed by atoms with Crippen LogP contribution in [0.4, 0.5) is 0 Å². The number of hydrogen-bond donors (Lipinski definition) is 1. The molecule has 0 heterocycles. The lowest BCUT2D eigenvalue weighted by Gasteiger charge is -2.31. The topological polar surface area (TPSA) is 23.5 Å². The van der Waals surface area contributed by atoms with Gasteiger partial charge in [0.15, 0.2) is 0 Å². The number of hydrogen-bond acceptors (Lipinski definition) is 2. The Kier molecular flexibility index (Phi) is 4.46. The van der Waals surface area contributed by atoms with Gasteiger partial charge in [-0.15, -0.1) is 0 Å². The maximum absolute atomic E-state index is 9.27. The Morgan fingerprint density at radius 1 is 1.38 bits per heavy atom. The minimum absolute atomic E-state index is 0.313. The van der Waals surface area contributed by atoms with Gasteiger partial charge >= 0.3 is 0 Å². The zero-order valence-electron chi connectivity index (χ0n) is 8.74. The maximum Gasteiger partial charge on any atom is 0.0477 e. The summed E-state index contributed by atoms with van der Waals surface area (Å²) < 4.78 is 0. The van der Waals surface area contributed by atoms with Crippen molar-refractivity contribution in [3.05, 3.63) is 12.2 Å². The molecule has 0 aliphatic heterocycles. The third kappa shape index (κ3) is 3.12. The predicted octanol–water partition coefficient (Wildman–Crippen LogP) is 1.66. The van der Waals surface area contributed by atoms with Gasteiger partial charge in [0.05, 0.1) is 0 Å². The van der Waals surface area contributed by atoms with Crippen LogP contribution in [0, 0.1) is 5.92 Å². The third-order valence-electron chi connectivity index (χ3n) is 2.92. The van der Waals surface area contributed by atoms with E-state index in [-0.39, 0.29) is 0 Å². The first-order valence-electron chi connectivity index (χ1n) is 5.18. The molecule has 0 saturated heterocycles. The van der Waals surface area contributed by atoms with E-state index in [1.807, 2.05) is 0 Å². The van der Waals surface area contributed by atoms with E-state index in [4.69, 9.17) is 0 Å². The van der Waals surface area contributed by atoms with Gasteiger partial charge in [-0.1, -0.05) is 12.2 Å². The van der Waals surface area contributed by atoms with Crippen LogP contribution in [-0.4, -0.2) is 36.8 Å². The molecule has 0 fully saturated rings. The van der Waals surface area contributed by atoms with Gasteiger partial charge in [-0.2, -0.15) is 0 Å². The van der Waals surface area contributed by atoms with Crippen molar-refractivity contribution in [3.8, 4) is 0 Å². The maximum atomic E-state index is 9.27. The van der Waals surface area contributed by atoms with E-state index in [1.165, 1.54) is 19.3 Å². The molecule has 76 valence electrons. The highest BCUT2D eigenvalue weighted by molar-refractivity contribution is 4.91. The van der Waals surface area contributed by atoms with Gasteiger partial charge in [-0.05, 0) is 39.8 Å². The smallest absolute Gasteiger partial charge is 0.0477 e. The molecular weight excluding hydrogens is 162 g/mol. The first-order chi connectivity index (χ1) is 6.25. The summed E-state index contributed by atoms with van der Waals surface area (Å²) in [6, 6.07) is 0.551. The molecule has 0 saturated carbocycles. The van der Waals surface area contributed by atoms with Crippen LogP contribution < -0.4 is 0 Å². The summed E-state index contributed by atoms with van der Waals surface area (Å²) in [6.45, 7) is 0.313. The number of nitrogens with zero attached hydrogens (tertiary/aromatic N) is 1. The summed E-state index contributed by atoms with van der Waals surface area (Å²) in [5.41, 5.74) is 0. The molecule has 2 nitrogen and oxygen atoms in total. The van der Waals surface area contributed by atoms with E-state index >= 15 is 0 Å². The van der Waals surface area contributed by atoms with Crippen LogP contribution in [0.15, 0.2) is 12.2 Å². The molecule has 13 heavy (non-hydrogen) atoms. The second-order valence-corrected chi connectivity index (χ2v) is 4.11. The molecule has 1 aliphatic carbocycles. The van der Waals surface area contributed by atoms with Crippen LogP contribution in [0.5, 0.6) is 0 Å². The zero-order chi connectivity index (χ0) is 9.68. The summed E-state index contributed by atoms with van der Waals surface area (Å²) in [7, 11) is 4.22. The van der Waals surface area contributed by atoms with Crippen molar-refractivity contribution < 1.29 is 5.11 Å². The highest BCUT2D eigenvalue weighted by Crippen LogP contribution is 2.21. The minimum Gasteiger partial charge on any atom is -0.396 e. The molecule has 2 atom stereocenters. The van der Waals surface area contributed by atoms with Gasteiger partial charge in [0.2, 0.25) is 0 Å². The van der Waals surface area contributed by atoms with Crippen molar-refractivity contribution in [1.82, 2.24) is 4.90 Å². The average Bonchev–Trinajstić information content (AvgIpc) is 2.03. The Morgan fingerprint density at radius 2 is 2.15 bits per heavy atom. The molecule has 0 unspecified atom stereocenters. The van der Waals surface area contributed by atoms with Crippen LogP contribution >= 0.6 is 0 Å². The van der Waals surface area contributed by atoms with Crippen molar-refractivity contribution in [2.75, 3.05) is 20.7 Å². The fraction of sp³-hybridized carbons (Fsp3) is 0.818. The van der Waals surface area contributed by atoms with E-state index < -0.39 is 0 Å². The number of allylic oxidation sites excluding steroid dienone is 2. The monoisotopic (exact) mass is 183 g/mol. The van der Waals surface area contributed by atoms with Crippen LogP contribution in [0.1, 0.15) is 25.7 Å². The van der Waals surface area contributed by atoms with Gasteiger partial charge in [0, 0.05) is 18.6 Å². The lowest BCUT2D eigenvalue weighted by Crippen LogP contribution is -2.37. The molecule has 0 spiro atoms. The zero-order valence-corrected chi connectivity index (χ0v) is 8.74. The SMILES string of the molecule is CN(C)[C@H]1CCC/C=C\C[C@@H]1CO. The minimum atomic E-state index is 0.313. The van der Waals surface area contributed by atoms with Crippen molar-refractivity contribution in [3.63, 3.8) is 0 Å². The van der Waals surface area contributed by atoms with E-state index in [1.54, 1.807) is 0 Å². The van der Waals surface area contributed by atoms with Crippen molar-refractivity contribution >= 4 is 0 Å². The average molecular weight is 183 g/mol. The number of rotatable bonds is 2. The van der Waals surface area contributed by atoms with Gasteiger partial charge in [0.25, 0.3) is 0 Å². The fourth-order valence-corrected chi connectivity index (χ4v) is 2.10. The third-order valence-corrected chi connectivity index (χ3v) is 2.92. The highest BCUT2D eigenvalue weighted by atomic mass is 16.3. The number of aliphatic hydroxyl groups excluding tert-OH is 1. The van der Waals surface area contributed by atoms with Crippen LogP contribution in [0.3, 0.4) is 0 Å². The summed E-state index contributed by atoms with van der Waals surface area (Å²) in [4.78, 5) is 2.25. The summed E-state index contributed by atoms with van der Waals surface area (Å²) in [6.07, 6.45) is 9.14. The van der Waals surface area contributed by atoms with Crippen LogP contribution in [-0.2, 0) is 0 Å². The first-order valence-corrected chi connectivity index (χ1v) is 5.18. The van der Waals surface area contributed by atoms with Crippen LogP contribution in [0.2, 0.25) is 0 Å². The molecule has 0 aromatic heterocycles. The molecule has 0 bridgehead atoms. The normalized spacial score (nSPS) is 32.6. The summed E-state index contributed by atoms with van der Waals surface area (Å²) in [5, 5.41) is 9.27. The van der Waals surface area contributed by atoms with E-state index in [0.29, 0.717) is 18.6 Å². The van der Waals surface area contributed by atoms with Crippen molar-refractivity contribution in [1.29, 1.82) is 0 Å². The standard InChI is InChI=1S/C11H21NO/c1-12(2)11-8-6-4-3-5-7-10(11)9-13/h3,5,10-11,13H,4,6-9H2,1-2H3/b5-3-/t10-,11+/m1/s1. The van der Waals surface area contributed by atoms with Gasteiger partial charge in [-0.25, -0.2) is 0 Å². The lowest BCUT2D eigenvalue weighted by atomic mass is 9.89. The second-order valence-electron chi connectivity index (χ2n) is 4.11. The fourth-order valence-electron chi connectivity index (χ4n) is 2.10. The molecule has 1 rings (SSSR count). The second kappa shape index (κ2) is 5.40. The molecule has 1 aliphatic rings. The Labute approximate surface area is 81.2 Å². The number of aliphatic hydroxyl groups is 1. The molecule has 0 radical (unpaired) electrons. The molecular formula is C11H21NO. The van der Waals surface area contributed by atoms with E-state index in [9.17, 15) is 5.11 Å². The Bertz CT molecular complexity index is 165. The summed E-state index contributed by atoms with van der Waals surface area (Å²) >= 11 is 0. The Morgan fingerprint density at radius 3 is 2.77 bits per heavy atom. The van der Waals surface area contributed by atoms with Gasteiger partial charge in [0.1, 0.15) is 0 Å². The Balaban J connectivity index is 2.59. The molecule has 0 aromatic rings. The largest absolute Gasteiger partial charge is 0.396 e. The molecule has 0 amide bonds. The Hall–Kier alpha value is -0.340. The van der Waals surface area contributed by atoms with E-state index in [2.05, 4.69) is 31.1 Å². The van der Waals surface area contributed by atoms with Crippen LogP contribution in [0.25, 0.3) is 0 Å². The quantitative estimate of drug-likeness (QED) is 0.658. The molecule has 1 N–H and O–H groups in total. The van der Waals surface area contributed by atoms with E-state index in [0.717, 1.165) is 6.42 Å². The van der Waals surface area contributed by atoms with Crippen molar-refractivity contribution in [2.24, 2.45) is 5.92 Å². The lowest BCUT2D eigenvalue weighted by molar-refractivity contribution is 0.125. The van der Waals surface area contributed by atoms with Crippen molar-refractivity contribution in [2.45, 2.75) is 31.7 Å². The highest BCUT2D eigenvalue weighted by Gasteiger charge is 2.21. The molecule has 0 aromatic carbocycles. The molecule has 2 heteroatoms. The summed E-state index contributed by atoms with van der Waals surface area (Å²) in [5.74, 6) is 0.423.